The highest BCUT2D eigenvalue weighted by Crippen LogP contribution is 2.23. The Bertz CT molecular complexity index is 640. The van der Waals surface area contributed by atoms with Gasteiger partial charge in [-0.1, -0.05) is 67.6 Å². The van der Waals surface area contributed by atoms with E-state index in [-0.39, 0.29) is 18.2 Å². The summed E-state index contributed by atoms with van der Waals surface area (Å²) in [6.07, 6.45) is 0.519. The first kappa shape index (κ1) is 16.7. The van der Waals surface area contributed by atoms with Crippen LogP contribution in [0.2, 0.25) is 0 Å². The van der Waals surface area contributed by atoms with E-state index in [1.54, 1.807) is 0 Å². The largest absolute Gasteiger partial charge is 0.481 e. The minimum Gasteiger partial charge on any atom is -0.481 e. The van der Waals surface area contributed by atoms with Gasteiger partial charge >= 0.3 is 5.97 Å². The Hall–Kier alpha value is -2.62. The average molecular weight is 311 g/mol. The summed E-state index contributed by atoms with van der Waals surface area (Å²) >= 11 is 0. The standard InChI is InChI=1S/C19H21NO3/c1-2-16(14-9-5-3-6-10-14)19(23)20-17(13-18(21)22)15-11-7-4-8-12-15/h3-12,16-17H,2,13H2,1H3,(H,20,23)(H,21,22). The van der Waals surface area contributed by atoms with E-state index in [0.29, 0.717) is 6.42 Å². The summed E-state index contributed by atoms with van der Waals surface area (Å²) in [7, 11) is 0. The number of carboxylic acids is 1. The molecule has 2 aromatic carbocycles. The average Bonchev–Trinajstić information content (AvgIpc) is 2.56. The lowest BCUT2D eigenvalue weighted by Gasteiger charge is -2.22. The van der Waals surface area contributed by atoms with Crippen LogP contribution in [0.3, 0.4) is 0 Å². The van der Waals surface area contributed by atoms with Crippen LogP contribution in [-0.2, 0) is 9.59 Å². The molecule has 0 heterocycles. The third-order valence-corrected chi connectivity index (χ3v) is 3.82. The fraction of sp³-hybridized carbons (Fsp3) is 0.263. The van der Waals surface area contributed by atoms with E-state index in [2.05, 4.69) is 5.32 Å². The van der Waals surface area contributed by atoms with Gasteiger partial charge in [0.2, 0.25) is 5.91 Å². The van der Waals surface area contributed by atoms with Crippen LogP contribution in [0.15, 0.2) is 60.7 Å². The van der Waals surface area contributed by atoms with Crippen LogP contribution in [0, 0.1) is 0 Å². The third-order valence-electron chi connectivity index (χ3n) is 3.82. The molecule has 120 valence electrons. The fourth-order valence-electron chi connectivity index (χ4n) is 2.64. The van der Waals surface area contributed by atoms with Gasteiger partial charge in [0.15, 0.2) is 0 Å². The van der Waals surface area contributed by atoms with E-state index in [1.165, 1.54) is 0 Å². The second kappa shape index (κ2) is 8.13. The van der Waals surface area contributed by atoms with Gasteiger partial charge in [-0.15, -0.1) is 0 Å². The molecule has 2 aromatic rings. The van der Waals surface area contributed by atoms with Gasteiger partial charge in [0.05, 0.1) is 18.4 Å². The minimum absolute atomic E-state index is 0.138. The van der Waals surface area contributed by atoms with Crippen molar-refractivity contribution in [2.75, 3.05) is 0 Å². The Kier molecular flexibility index (Phi) is 5.92. The molecule has 2 unspecified atom stereocenters. The van der Waals surface area contributed by atoms with Crippen molar-refractivity contribution in [3.8, 4) is 0 Å². The molecule has 0 aliphatic heterocycles. The summed E-state index contributed by atoms with van der Waals surface area (Å²) < 4.78 is 0. The van der Waals surface area contributed by atoms with Gasteiger partial charge in [-0.3, -0.25) is 9.59 Å². The summed E-state index contributed by atoms with van der Waals surface area (Å²) in [6, 6.07) is 18.2. The summed E-state index contributed by atoms with van der Waals surface area (Å²) in [4.78, 5) is 23.8. The zero-order chi connectivity index (χ0) is 16.7. The number of nitrogens with one attached hydrogen (secondary N) is 1. The van der Waals surface area contributed by atoms with E-state index >= 15 is 0 Å². The van der Waals surface area contributed by atoms with Crippen molar-refractivity contribution in [2.45, 2.75) is 31.7 Å². The predicted octanol–water partition coefficient (Wildman–Crippen LogP) is 3.51. The van der Waals surface area contributed by atoms with E-state index in [9.17, 15) is 9.59 Å². The molecule has 0 spiro atoms. The molecular weight excluding hydrogens is 290 g/mol. The van der Waals surface area contributed by atoms with Crippen LogP contribution in [-0.4, -0.2) is 17.0 Å². The number of carbonyl (C=O) groups excluding carboxylic acids is 1. The van der Waals surface area contributed by atoms with Crippen molar-refractivity contribution < 1.29 is 14.7 Å². The number of rotatable bonds is 7. The Balaban J connectivity index is 2.18. The molecule has 4 nitrogen and oxygen atoms in total. The molecule has 2 N–H and O–H groups in total. The van der Waals surface area contributed by atoms with Gasteiger partial charge in [0.1, 0.15) is 0 Å². The topological polar surface area (TPSA) is 66.4 Å². The molecule has 0 aliphatic rings. The first-order chi connectivity index (χ1) is 11.1. The van der Waals surface area contributed by atoms with Gasteiger partial charge in [0.25, 0.3) is 0 Å². The first-order valence-corrected chi connectivity index (χ1v) is 7.74. The van der Waals surface area contributed by atoms with Gasteiger partial charge in [-0.2, -0.15) is 0 Å². The van der Waals surface area contributed by atoms with Crippen molar-refractivity contribution >= 4 is 11.9 Å². The van der Waals surface area contributed by atoms with E-state index in [1.807, 2.05) is 67.6 Å². The van der Waals surface area contributed by atoms with Crippen molar-refractivity contribution in [3.05, 3.63) is 71.8 Å². The lowest BCUT2D eigenvalue weighted by Crippen LogP contribution is -2.34. The number of hydrogen-bond donors (Lipinski definition) is 2. The Morgan fingerprint density at radius 1 is 0.957 bits per heavy atom. The van der Waals surface area contributed by atoms with Crippen molar-refractivity contribution in [1.82, 2.24) is 5.32 Å². The summed E-state index contributed by atoms with van der Waals surface area (Å²) in [5, 5.41) is 12.0. The van der Waals surface area contributed by atoms with E-state index in [0.717, 1.165) is 11.1 Å². The van der Waals surface area contributed by atoms with Crippen LogP contribution < -0.4 is 5.32 Å². The lowest BCUT2D eigenvalue weighted by molar-refractivity contribution is -0.137. The number of carbonyl (C=O) groups is 2. The fourth-order valence-corrected chi connectivity index (χ4v) is 2.64. The summed E-state index contributed by atoms with van der Waals surface area (Å²) in [5.41, 5.74) is 1.74. The third kappa shape index (κ3) is 4.68. The van der Waals surface area contributed by atoms with Crippen LogP contribution in [0.25, 0.3) is 0 Å². The van der Waals surface area contributed by atoms with E-state index in [4.69, 9.17) is 5.11 Å². The lowest BCUT2D eigenvalue weighted by atomic mass is 9.94. The summed E-state index contributed by atoms with van der Waals surface area (Å²) in [6.45, 7) is 1.95. The molecule has 0 radical (unpaired) electrons. The van der Waals surface area contributed by atoms with Gasteiger partial charge in [-0.05, 0) is 17.5 Å². The summed E-state index contributed by atoms with van der Waals surface area (Å²) in [5.74, 6) is -1.36. The maximum absolute atomic E-state index is 12.6. The molecule has 4 heteroatoms. The molecule has 1 amide bonds. The van der Waals surface area contributed by atoms with Crippen molar-refractivity contribution in [2.24, 2.45) is 0 Å². The molecule has 0 aliphatic carbocycles. The van der Waals surface area contributed by atoms with Crippen LogP contribution in [0.4, 0.5) is 0 Å². The highest BCUT2D eigenvalue weighted by Gasteiger charge is 2.23. The Morgan fingerprint density at radius 2 is 1.48 bits per heavy atom. The first-order valence-electron chi connectivity index (χ1n) is 7.74. The SMILES string of the molecule is CCC(C(=O)NC(CC(=O)O)c1ccccc1)c1ccccc1. The normalized spacial score (nSPS) is 13.1. The van der Waals surface area contributed by atoms with E-state index < -0.39 is 12.0 Å². The van der Waals surface area contributed by atoms with Crippen LogP contribution >= 0.6 is 0 Å². The number of benzene rings is 2. The quantitative estimate of drug-likeness (QED) is 0.822. The molecule has 0 aromatic heterocycles. The van der Waals surface area contributed by atoms with Gasteiger partial charge in [0, 0.05) is 0 Å². The van der Waals surface area contributed by atoms with Gasteiger partial charge in [-0.25, -0.2) is 0 Å². The number of aliphatic carboxylic acids is 1. The Morgan fingerprint density at radius 3 is 1.96 bits per heavy atom. The van der Waals surface area contributed by atoms with Crippen molar-refractivity contribution in [3.63, 3.8) is 0 Å². The maximum atomic E-state index is 12.6. The van der Waals surface area contributed by atoms with Crippen LogP contribution in [0.1, 0.15) is 42.9 Å². The highest BCUT2D eigenvalue weighted by atomic mass is 16.4. The number of amides is 1. The van der Waals surface area contributed by atoms with Crippen LogP contribution in [0.5, 0.6) is 0 Å². The van der Waals surface area contributed by atoms with Crippen molar-refractivity contribution in [1.29, 1.82) is 0 Å². The highest BCUT2D eigenvalue weighted by molar-refractivity contribution is 5.84. The molecule has 0 fully saturated rings. The molecule has 23 heavy (non-hydrogen) atoms. The zero-order valence-electron chi connectivity index (χ0n) is 13.1. The molecule has 0 bridgehead atoms. The molecule has 2 atom stereocenters. The predicted molar refractivity (Wildman–Crippen MR) is 89.1 cm³/mol. The molecular formula is C19H21NO3. The molecule has 2 rings (SSSR count). The minimum atomic E-state index is -0.938. The number of hydrogen-bond acceptors (Lipinski definition) is 2. The second-order valence-electron chi connectivity index (χ2n) is 5.44. The zero-order valence-corrected chi connectivity index (χ0v) is 13.1. The molecule has 0 saturated heterocycles. The monoisotopic (exact) mass is 311 g/mol. The van der Waals surface area contributed by atoms with Gasteiger partial charge < -0.3 is 10.4 Å². The second-order valence-corrected chi connectivity index (χ2v) is 5.44. The number of carboxylic acid groups (broad SMARTS) is 1. The smallest absolute Gasteiger partial charge is 0.305 e. The maximum Gasteiger partial charge on any atom is 0.305 e. The Labute approximate surface area is 136 Å². The molecule has 0 saturated carbocycles.